The molecule has 0 atom stereocenters. The molecule has 0 amide bonds. The van der Waals surface area contributed by atoms with Crippen LogP contribution in [0.25, 0.3) is 0 Å². The van der Waals surface area contributed by atoms with E-state index in [0.29, 0.717) is 5.50 Å². The van der Waals surface area contributed by atoms with Gasteiger partial charge in [-0.3, -0.25) is 0 Å². The smallest absolute Gasteiger partial charge is 0.129 e. The van der Waals surface area contributed by atoms with E-state index in [4.69, 9.17) is 11.6 Å². The van der Waals surface area contributed by atoms with E-state index in [2.05, 4.69) is 91.0 Å². The van der Waals surface area contributed by atoms with Gasteiger partial charge in [0.25, 0.3) is 0 Å². The van der Waals surface area contributed by atoms with Gasteiger partial charge in [0.15, 0.2) is 8.07 Å². The second-order valence-electron chi connectivity index (χ2n) is 5.14. The second kappa shape index (κ2) is 6.29. The van der Waals surface area contributed by atoms with Crippen LogP contribution in [0.2, 0.25) is 0 Å². The van der Waals surface area contributed by atoms with Crippen LogP contribution in [0, 0.1) is 0 Å². The Labute approximate surface area is 132 Å². The minimum atomic E-state index is -2.13. The fourth-order valence-corrected chi connectivity index (χ4v) is 8.04. The first kappa shape index (κ1) is 14.1. The van der Waals surface area contributed by atoms with Crippen LogP contribution in [-0.2, 0) is 0 Å². The predicted octanol–water partition coefficient (Wildman–Crippen LogP) is 2.93. The van der Waals surface area contributed by atoms with Gasteiger partial charge in [-0.1, -0.05) is 91.0 Å². The Kier molecular flexibility index (Phi) is 4.23. The normalized spacial score (nSPS) is 11.3. The molecule has 0 aromatic heterocycles. The van der Waals surface area contributed by atoms with E-state index >= 15 is 0 Å². The summed E-state index contributed by atoms with van der Waals surface area (Å²) in [7, 11) is -2.13. The number of alkyl halides is 1. The summed E-state index contributed by atoms with van der Waals surface area (Å²) in [5.74, 6) is 0. The molecular weight excluding hydrogens is 292 g/mol. The summed E-state index contributed by atoms with van der Waals surface area (Å²) >= 11 is 6.59. The van der Waals surface area contributed by atoms with Gasteiger partial charge in [-0.05, 0) is 15.6 Å². The molecule has 21 heavy (non-hydrogen) atoms. The van der Waals surface area contributed by atoms with Gasteiger partial charge < -0.3 is 0 Å². The Morgan fingerprint density at radius 1 is 0.524 bits per heavy atom. The summed E-state index contributed by atoms with van der Waals surface area (Å²) in [5, 5.41) is 4.08. The summed E-state index contributed by atoms with van der Waals surface area (Å²) in [4.78, 5) is 0. The number of rotatable bonds is 4. The predicted molar refractivity (Wildman–Crippen MR) is 94.7 cm³/mol. The molecule has 0 unspecified atom stereocenters. The maximum absolute atomic E-state index is 6.59. The second-order valence-corrected chi connectivity index (χ2v) is 9.75. The molecule has 0 radical (unpaired) electrons. The lowest BCUT2D eigenvalue weighted by Crippen LogP contribution is -2.69. The lowest BCUT2D eigenvalue weighted by atomic mass is 10.3. The van der Waals surface area contributed by atoms with Crippen LogP contribution in [0.3, 0.4) is 0 Å². The van der Waals surface area contributed by atoms with Gasteiger partial charge in [0.05, 0.1) is 0 Å². The van der Waals surface area contributed by atoms with Crippen molar-refractivity contribution in [3.63, 3.8) is 0 Å². The molecule has 2 heteroatoms. The molecule has 0 aliphatic heterocycles. The van der Waals surface area contributed by atoms with Crippen molar-refractivity contribution in [1.29, 1.82) is 0 Å². The van der Waals surface area contributed by atoms with E-state index in [9.17, 15) is 0 Å². The van der Waals surface area contributed by atoms with Crippen molar-refractivity contribution in [3.05, 3.63) is 91.0 Å². The average molecular weight is 309 g/mol. The van der Waals surface area contributed by atoms with Crippen LogP contribution < -0.4 is 15.6 Å². The summed E-state index contributed by atoms with van der Waals surface area (Å²) in [6, 6.07) is 32.1. The standard InChI is InChI=1S/C19H17ClSi/c20-16-21(17-10-4-1-5-11-17,18-12-6-2-7-13-18)19-14-8-3-9-15-19/h1-15H,16H2. The van der Waals surface area contributed by atoms with Crippen molar-refractivity contribution >= 4 is 35.2 Å². The van der Waals surface area contributed by atoms with Gasteiger partial charge in [-0.25, -0.2) is 0 Å². The van der Waals surface area contributed by atoms with Crippen molar-refractivity contribution in [2.75, 3.05) is 5.50 Å². The van der Waals surface area contributed by atoms with Crippen LogP contribution in [-0.4, -0.2) is 13.6 Å². The Balaban J connectivity index is 2.29. The van der Waals surface area contributed by atoms with Gasteiger partial charge in [-0.2, -0.15) is 0 Å². The van der Waals surface area contributed by atoms with E-state index in [1.54, 1.807) is 0 Å². The highest BCUT2D eigenvalue weighted by Gasteiger charge is 2.38. The highest BCUT2D eigenvalue weighted by molar-refractivity contribution is 7.14. The maximum Gasteiger partial charge on any atom is 0.162 e. The average Bonchev–Trinajstić information content (AvgIpc) is 2.59. The van der Waals surface area contributed by atoms with Crippen molar-refractivity contribution in [2.24, 2.45) is 0 Å². The first-order chi connectivity index (χ1) is 10.4. The summed E-state index contributed by atoms with van der Waals surface area (Å²) in [6.45, 7) is 0. The van der Waals surface area contributed by atoms with E-state index in [-0.39, 0.29) is 0 Å². The van der Waals surface area contributed by atoms with Crippen molar-refractivity contribution in [1.82, 2.24) is 0 Å². The Morgan fingerprint density at radius 3 is 1.05 bits per heavy atom. The molecule has 0 bridgehead atoms. The minimum Gasteiger partial charge on any atom is -0.129 e. The molecule has 0 fully saturated rings. The molecule has 0 N–H and O–H groups in total. The third kappa shape index (κ3) is 2.55. The molecule has 104 valence electrons. The molecule has 3 aromatic rings. The number of halogens is 1. The zero-order valence-electron chi connectivity index (χ0n) is 11.7. The monoisotopic (exact) mass is 308 g/mol. The van der Waals surface area contributed by atoms with E-state index < -0.39 is 8.07 Å². The molecule has 0 aliphatic rings. The Bertz CT molecular complexity index is 584. The van der Waals surface area contributed by atoms with E-state index in [1.165, 1.54) is 15.6 Å². The summed E-state index contributed by atoms with van der Waals surface area (Å²) in [6.07, 6.45) is 0. The highest BCUT2D eigenvalue weighted by atomic mass is 35.5. The molecule has 0 heterocycles. The molecule has 3 rings (SSSR count). The van der Waals surface area contributed by atoms with Crippen molar-refractivity contribution in [2.45, 2.75) is 0 Å². The zero-order chi connectivity index (χ0) is 14.5. The third-order valence-corrected chi connectivity index (χ3v) is 9.56. The maximum atomic E-state index is 6.59. The van der Waals surface area contributed by atoms with Gasteiger partial charge in [0.1, 0.15) is 0 Å². The van der Waals surface area contributed by atoms with Crippen LogP contribution >= 0.6 is 11.6 Å². The van der Waals surface area contributed by atoms with E-state index in [1.807, 2.05) is 0 Å². The molecular formula is C19H17ClSi. The van der Waals surface area contributed by atoms with Crippen molar-refractivity contribution < 1.29 is 0 Å². The largest absolute Gasteiger partial charge is 0.162 e. The van der Waals surface area contributed by atoms with Crippen LogP contribution in [0.1, 0.15) is 0 Å². The molecule has 0 aliphatic carbocycles. The number of hydrogen-bond acceptors (Lipinski definition) is 0. The Hall–Kier alpha value is -1.83. The Morgan fingerprint density at radius 2 is 0.810 bits per heavy atom. The first-order valence-corrected chi connectivity index (χ1v) is 9.84. The van der Waals surface area contributed by atoms with Crippen LogP contribution in [0.15, 0.2) is 91.0 Å². The fraction of sp³-hybridized carbons (Fsp3) is 0.0526. The number of hydrogen-bond donors (Lipinski definition) is 0. The lowest BCUT2D eigenvalue weighted by molar-refractivity contribution is 1.65. The molecule has 3 aromatic carbocycles. The zero-order valence-corrected chi connectivity index (χ0v) is 13.5. The lowest BCUT2D eigenvalue weighted by Gasteiger charge is -2.31. The van der Waals surface area contributed by atoms with Crippen molar-refractivity contribution in [3.8, 4) is 0 Å². The van der Waals surface area contributed by atoms with Crippen LogP contribution in [0.5, 0.6) is 0 Å². The summed E-state index contributed by atoms with van der Waals surface area (Å²) in [5.41, 5.74) is 0.644. The van der Waals surface area contributed by atoms with Gasteiger partial charge >= 0.3 is 0 Å². The van der Waals surface area contributed by atoms with Gasteiger partial charge in [-0.15, -0.1) is 11.6 Å². The fourth-order valence-electron chi connectivity index (χ4n) is 2.90. The van der Waals surface area contributed by atoms with E-state index in [0.717, 1.165) is 0 Å². The minimum absolute atomic E-state index is 0.644. The topological polar surface area (TPSA) is 0 Å². The SMILES string of the molecule is ClC[Si](c1ccccc1)(c1ccccc1)c1ccccc1. The first-order valence-electron chi connectivity index (χ1n) is 7.10. The third-order valence-electron chi connectivity index (χ3n) is 4.00. The molecule has 0 saturated heterocycles. The molecule has 0 nitrogen and oxygen atoms in total. The highest BCUT2D eigenvalue weighted by Crippen LogP contribution is 2.09. The van der Waals surface area contributed by atoms with Gasteiger partial charge in [0, 0.05) is 5.50 Å². The molecule has 0 spiro atoms. The quantitative estimate of drug-likeness (QED) is 0.395. The molecule has 0 saturated carbocycles. The van der Waals surface area contributed by atoms with Gasteiger partial charge in [0.2, 0.25) is 0 Å². The summed E-state index contributed by atoms with van der Waals surface area (Å²) < 4.78 is 0. The number of benzene rings is 3. The van der Waals surface area contributed by atoms with Crippen LogP contribution in [0.4, 0.5) is 0 Å².